The van der Waals surface area contributed by atoms with Gasteiger partial charge >= 0.3 is 0 Å². The van der Waals surface area contributed by atoms with Crippen LogP contribution in [0.1, 0.15) is 12.8 Å². The summed E-state index contributed by atoms with van der Waals surface area (Å²) in [5, 5.41) is 0. The lowest BCUT2D eigenvalue weighted by atomic mass is 10.00. The quantitative estimate of drug-likeness (QED) is 0.483. The highest BCUT2D eigenvalue weighted by Gasteiger charge is 2.35. The molecule has 0 spiro atoms. The molecule has 3 heteroatoms. The minimum Gasteiger partial charge on any atom is -0.338 e. The van der Waals surface area contributed by atoms with Gasteiger partial charge in [-0.2, -0.15) is 11.8 Å². The van der Waals surface area contributed by atoms with E-state index in [2.05, 4.69) is 0 Å². The summed E-state index contributed by atoms with van der Waals surface area (Å²) in [4.78, 5) is 13.0. The summed E-state index contributed by atoms with van der Waals surface area (Å²) in [6.45, 7) is 0.994. The van der Waals surface area contributed by atoms with E-state index in [0.29, 0.717) is 11.9 Å². The Kier molecular flexibility index (Phi) is 1.60. The summed E-state index contributed by atoms with van der Waals surface area (Å²) < 4.78 is 0. The molecule has 0 bridgehead atoms. The molecule has 0 N–H and O–H groups in total. The van der Waals surface area contributed by atoms with E-state index in [9.17, 15) is 4.79 Å². The third-order valence-corrected chi connectivity index (χ3v) is 3.24. The van der Waals surface area contributed by atoms with Gasteiger partial charge in [-0.1, -0.05) is 0 Å². The van der Waals surface area contributed by atoms with E-state index in [-0.39, 0.29) is 0 Å². The van der Waals surface area contributed by atoms with Crippen LogP contribution in [0.15, 0.2) is 0 Å². The molecule has 0 radical (unpaired) electrons. The lowest BCUT2D eigenvalue weighted by Crippen LogP contribution is -2.52. The monoisotopic (exact) mass is 157 g/mol. The van der Waals surface area contributed by atoms with Gasteiger partial charge in [0.05, 0.1) is 0 Å². The summed E-state index contributed by atoms with van der Waals surface area (Å²) in [7, 11) is 0. The zero-order valence-electron chi connectivity index (χ0n) is 5.88. The molecule has 10 heavy (non-hydrogen) atoms. The summed E-state index contributed by atoms with van der Waals surface area (Å²) in [6, 6.07) is 0.613. The minimum absolute atomic E-state index is 0.368. The number of thioether (sulfide) groups is 1. The van der Waals surface area contributed by atoms with E-state index in [4.69, 9.17) is 0 Å². The van der Waals surface area contributed by atoms with Crippen molar-refractivity contribution in [2.24, 2.45) is 0 Å². The van der Waals surface area contributed by atoms with Crippen LogP contribution in [0.25, 0.3) is 0 Å². The maximum absolute atomic E-state index is 10.9. The smallest absolute Gasteiger partial charge is 0.224 e. The predicted molar refractivity (Wildman–Crippen MR) is 42.1 cm³/mol. The molecule has 1 amide bonds. The Balaban J connectivity index is 1.99. The van der Waals surface area contributed by atoms with Crippen LogP contribution in [0.4, 0.5) is 0 Å². The molecular formula is C7H11NOS. The number of hydrogen-bond donors (Lipinski definition) is 0. The van der Waals surface area contributed by atoms with Crippen molar-refractivity contribution in [3.63, 3.8) is 0 Å². The van der Waals surface area contributed by atoms with Crippen molar-refractivity contribution in [2.45, 2.75) is 18.9 Å². The molecular weight excluding hydrogens is 146 g/mol. The topological polar surface area (TPSA) is 20.3 Å². The van der Waals surface area contributed by atoms with Crippen LogP contribution in [-0.2, 0) is 4.79 Å². The molecule has 56 valence electrons. The molecule has 2 aliphatic heterocycles. The molecule has 0 aromatic rings. The molecule has 1 unspecified atom stereocenters. The first-order valence-corrected chi connectivity index (χ1v) is 4.90. The average Bonchev–Trinajstić information content (AvgIpc) is 2.09. The fourth-order valence-corrected chi connectivity index (χ4v) is 2.54. The van der Waals surface area contributed by atoms with Gasteiger partial charge in [0.15, 0.2) is 0 Å². The molecule has 2 nitrogen and oxygen atoms in total. The highest BCUT2D eigenvalue weighted by atomic mass is 32.2. The Morgan fingerprint density at radius 3 is 3.20 bits per heavy atom. The summed E-state index contributed by atoms with van der Waals surface area (Å²) in [5.74, 6) is 2.75. The first-order chi connectivity index (χ1) is 4.88. The van der Waals surface area contributed by atoms with Gasteiger partial charge in [0.25, 0.3) is 0 Å². The zero-order chi connectivity index (χ0) is 6.97. The Morgan fingerprint density at radius 1 is 1.50 bits per heavy atom. The third-order valence-electron chi connectivity index (χ3n) is 2.24. The Labute approximate surface area is 65.0 Å². The Hall–Kier alpha value is -0.180. The number of fused-ring (bicyclic) bond motifs is 1. The first-order valence-electron chi connectivity index (χ1n) is 3.75. The van der Waals surface area contributed by atoms with E-state index in [1.807, 2.05) is 16.7 Å². The lowest BCUT2D eigenvalue weighted by molar-refractivity contribution is -0.145. The Bertz CT molecular complexity index is 160. The van der Waals surface area contributed by atoms with Crippen molar-refractivity contribution in [3.8, 4) is 0 Å². The second-order valence-corrected chi connectivity index (χ2v) is 4.07. The van der Waals surface area contributed by atoms with Crippen molar-refractivity contribution in [1.29, 1.82) is 0 Å². The normalized spacial score (nSPS) is 32.6. The van der Waals surface area contributed by atoms with Crippen LogP contribution in [-0.4, -0.2) is 34.9 Å². The third kappa shape index (κ3) is 0.926. The molecule has 2 heterocycles. The second kappa shape index (κ2) is 2.46. The van der Waals surface area contributed by atoms with Crippen LogP contribution in [0.2, 0.25) is 0 Å². The highest BCUT2D eigenvalue weighted by Crippen LogP contribution is 2.26. The summed E-state index contributed by atoms with van der Waals surface area (Å²) >= 11 is 1.97. The molecule has 0 aromatic carbocycles. The van der Waals surface area contributed by atoms with E-state index in [1.54, 1.807) is 0 Å². The van der Waals surface area contributed by atoms with E-state index in [1.165, 1.54) is 12.2 Å². The van der Waals surface area contributed by atoms with E-state index >= 15 is 0 Å². The van der Waals surface area contributed by atoms with Gasteiger partial charge in [0.2, 0.25) is 5.91 Å². The van der Waals surface area contributed by atoms with Gasteiger partial charge < -0.3 is 4.90 Å². The number of carbonyl (C=O) groups excluding carboxylic acids is 1. The van der Waals surface area contributed by atoms with Gasteiger partial charge in [-0.15, -0.1) is 0 Å². The standard InChI is InChI=1S/C7H11NOS/c9-7-5-6-1-3-10-4-2-8(6)7/h6H,1-5H2. The van der Waals surface area contributed by atoms with Crippen molar-refractivity contribution in [3.05, 3.63) is 0 Å². The number of β-lactam (4-membered cyclic amide) rings is 1. The lowest BCUT2D eigenvalue weighted by Gasteiger charge is -2.38. The molecule has 0 saturated carbocycles. The minimum atomic E-state index is 0.368. The number of hydrogen-bond acceptors (Lipinski definition) is 2. The van der Waals surface area contributed by atoms with E-state index < -0.39 is 0 Å². The van der Waals surface area contributed by atoms with Gasteiger partial charge in [0.1, 0.15) is 0 Å². The molecule has 2 fully saturated rings. The van der Waals surface area contributed by atoms with Crippen molar-refractivity contribution >= 4 is 17.7 Å². The second-order valence-electron chi connectivity index (χ2n) is 2.85. The van der Waals surface area contributed by atoms with Crippen LogP contribution in [0.5, 0.6) is 0 Å². The van der Waals surface area contributed by atoms with Crippen LogP contribution < -0.4 is 0 Å². The van der Waals surface area contributed by atoms with Gasteiger partial charge in [-0.25, -0.2) is 0 Å². The number of rotatable bonds is 0. The fourth-order valence-electron chi connectivity index (χ4n) is 1.57. The molecule has 1 atom stereocenters. The van der Waals surface area contributed by atoms with Gasteiger partial charge in [-0.3, -0.25) is 4.79 Å². The maximum atomic E-state index is 10.9. The van der Waals surface area contributed by atoms with Crippen molar-refractivity contribution in [1.82, 2.24) is 4.90 Å². The summed E-state index contributed by atoms with van der Waals surface area (Å²) in [5.41, 5.74) is 0. The van der Waals surface area contributed by atoms with Gasteiger partial charge in [0, 0.05) is 24.8 Å². The van der Waals surface area contributed by atoms with Crippen LogP contribution in [0, 0.1) is 0 Å². The molecule has 2 saturated heterocycles. The zero-order valence-corrected chi connectivity index (χ0v) is 6.69. The largest absolute Gasteiger partial charge is 0.338 e. The molecule has 0 aliphatic carbocycles. The van der Waals surface area contributed by atoms with Crippen molar-refractivity contribution in [2.75, 3.05) is 18.1 Å². The van der Waals surface area contributed by atoms with Crippen LogP contribution >= 0.6 is 11.8 Å². The first kappa shape index (κ1) is 6.53. The predicted octanol–water partition coefficient (Wildman–Crippen LogP) is 0.724. The Morgan fingerprint density at radius 2 is 2.40 bits per heavy atom. The van der Waals surface area contributed by atoms with Crippen LogP contribution in [0.3, 0.4) is 0 Å². The van der Waals surface area contributed by atoms with E-state index in [0.717, 1.165) is 18.7 Å². The molecule has 2 aliphatic rings. The number of carbonyl (C=O) groups is 1. The number of amides is 1. The van der Waals surface area contributed by atoms with Gasteiger partial charge in [-0.05, 0) is 12.2 Å². The number of nitrogens with zero attached hydrogens (tertiary/aromatic N) is 1. The molecule has 0 aromatic heterocycles. The van der Waals surface area contributed by atoms with Crippen molar-refractivity contribution < 1.29 is 4.79 Å². The highest BCUT2D eigenvalue weighted by molar-refractivity contribution is 7.99. The SMILES string of the molecule is O=C1CC2CCSCCN12. The molecule has 2 rings (SSSR count). The average molecular weight is 157 g/mol. The summed E-state index contributed by atoms with van der Waals surface area (Å²) in [6.07, 6.45) is 2.04. The fraction of sp³-hybridized carbons (Fsp3) is 0.857. The maximum Gasteiger partial charge on any atom is 0.224 e.